The van der Waals surface area contributed by atoms with E-state index in [1.54, 1.807) is 11.7 Å². The number of nitrogens with zero attached hydrogens (tertiary/aromatic N) is 6. The molecule has 2 aromatic heterocycles. The smallest absolute Gasteiger partial charge is 0.228 e. The first-order valence-corrected chi connectivity index (χ1v) is 11.7. The maximum atomic E-state index is 11.6. The molecule has 35 heavy (non-hydrogen) atoms. The molecule has 0 amide bonds. The van der Waals surface area contributed by atoms with Crippen LogP contribution < -0.4 is 15.2 Å². The van der Waals surface area contributed by atoms with Gasteiger partial charge in [-0.1, -0.05) is 30.3 Å². The van der Waals surface area contributed by atoms with Gasteiger partial charge in [-0.3, -0.25) is 10.2 Å². The number of benzene rings is 3. The fraction of sp³-hybridized carbons (Fsp3) is 0.185. The maximum Gasteiger partial charge on any atom is 0.228 e. The Labute approximate surface area is 202 Å². The number of fused-ring (bicyclic) bond motifs is 2. The summed E-state index contributed by atoms with van der Waals surface area (Å²) in [4.78, 5) is 27.7. The molecular weight excluding hydrogens is 438 g/mol. The van der Waals surface area contributed by atoms with E-state index in [9.17, 15) is 4.79 Å². The third kappa shape index (κ3) is 4.03. The Balaban J connectivity index is 1.26. The predicted octanol–water partition coefficient (Wildman–Crippen LogP) is 4.38. The SMILES string of the molecule is CC(=O)c1ccc(N2CCN(c3nc(Nn4ncc5ccccc54)c4ccccc4n3)CC2)cc1. The topological polar surface area (TPSA) is 79.2 Å². The molecule has 3 aromatic carbocycles. The summed E-state index contributed by atoms with van der Waals surface area (Å²) in [7, 11) is 0. The fourth-order valence-electron chi connectivity index (χ4n) is 4.52. The van der Waals surface area contributed by atoms with Crippen molar-refractivity contribution < 1.29 is 4.79 Å². The van der Waals surface area contributed by atoms with Gasteiger partial charge in [0.05, 0.1) is 17.2 Å². The largest absolute Gasteiger partial charge is 0.368 e. The van der Waals surface area contributed by atoms with Crippen LogP contribution in [0.25, 0.3) is 21.8 Å². The highest BCUT2D eigenvalue weighted by Crippen LogP contribution is 2.26. The van der Waals surface area contributed by atoms with E-state index < -0.39 is 0 Å². The molecule has 0 bridgehead atoms. The summed E-state index contributed by atoms with van der Waals surface area (Å²) in [6, 6.07) is 23.9. The van der Waals surface area contributed by atoms with E-state index in [0.29, 0.717) is 5.95 Å². The van der Waals surface area contributed by atoms with E-state index >= 15 is 0 Å². The number of hydrogen-bond acceptors (Lipinski definition) is 7. The molecule has 1 N–H and O–H groups in total. The molecular formula is C27H25N7O. The van der Waals surface area contributed by atoms with E-state index in [4.69, 9.17) is 9.97 Å². The highest BCUT2D eigenvalue weighted by molar-refractivity contribution is 5.94. The van der Waals surface area contributed by atoms with E-state index in [1.165, 1.54) is 0 Å². The number of Topliss-reactive ketones (excluding diaryl/α,β-unsaturated/α-hetero) is 1. The van der Waals surface area contributed by atoms with Crippen molar-refractivity contribution in [3.05, 3.63) is 84.6 Å². The monoisotopic (exact) mass is 463 g/mol. The molecule has 6 rings (SSSR count). The van der Waals surface area contributed by atoms with Crippen LogP contribution in [0.1, 0.15) is 17.3 Å². The molecule has 0 aliphatic carbocycles. The lowest BCUT2D eigenvalue weighted by Crippen LogP contribution is -2.47. The zero-order chi connectivity index (χ0) is 23.8. The lowest BCUT2D eigenvalue weighted by atomic mass is 10.1. The van der Waals surface area contributed by atoms with Crippen LogP contribution in [0.15, 0.2) is 79.0 Å². The number of carbonyl (C=O) groups is 1. The zero-order valence-electron chi connectivity index (χ0n) is 19.4. The molecule has 0 atom stereocenters. The zero-order valence-corrected chi connectivity index (χ0v) is 19.4. The quantitative estimate of drug-likeness (QED) is 0.388. The molecule has 0 unspecified atom stereocenters. The van der Waals surface area contributed by atoms with Crippen LogP contribution in [-0.4, -0.2) is 51.8 Å². The molecule has 1 fully saturated rings. The second-order valence-corrected chi connectivity index (χ2v) is 8.69. The summed E-state index contributed by atoms with van der Waals surface area (Å²) < 4.78 is 0. The minimum absolute atomic E-state index is 0.0855. The molecule has 174 valence electrons. The van der Waals surface area contributed by atoms with Crippen LogP contribution in [0, 0.1) is 0 Å². The molecule has 3 heterocycles. The Morgan fingerprint density at radius 3 is 2.34 bits per heavy atom. The average molecular weight is 464 g/mol. The van der Waals surface area contributed by atoms with Gasteiger partial charge in [-0.2, -0.15) is 14.9 Å². The van der Waals surface area contributed by atoms with Crippen molar-refractivity contribution in [2.45, 2.75) is 6.92 Å². The van der Waals surface area contributed by atoms with Crippen LogP contribution >= 0.6 is 0 Å². The Hall–Kier alpha value is -4.46. The van der Waals surface area contributed by atoms with Crippen molar-refractivity contribution in [1.82, 2.24) is 19.9 Å². The van der Waals surface area contributed by atoms with Crippen molar-refractivity contribution in [2.24, 2.45) is 0 Å². The van der Waals surface area contributed by atoms with Crippen LogP contribution in [0.2, 0.25) is 0 Å². The highest BCUT2D eigenvalue weighted by atomic mass is 16.1. The second-order valence-electron chi connectivity index (χ2n) is 8.69. The lowest BCUT2D eigenvalue weighted by molar-refractivity contribution is 0.101. The Kier molecular flexibility index (Phi) is 5.25. The normalized spacial score (nSPS) is 14.0. The van der Waals surface area contributed by atoms with E-state index in [-0.39, 0.29) is 5.78 Å². The Morgan fingerprint density at radius 1 is 0.829 bits per heavy atom. The minimum atomic E-state index is 0.0855. The van der Waals surface area contributed by atoms with Gasteiger partial charge < -0.3 is 9.80 Å². The van der Waals surface area contributed by atoms with Gasteiger partial charge in [-0.05, 0) is 49.4 Å². The molecule has 0 spiro atoms. The molecule has 5 aromatic rings. The Bertz CT molecular complexity index is 1520. The van der Waals surface area contributed by atoms with Gasteiger partial charge in [0, 0.05) is 48.2 Å². The number of anilines is 3. The standard InChI is InChI=1S/C27H25N7O/c1-19(35)20-10-12-22(13-11-20)32-14-16-33(17-15-32)27-29-24-8-4-3-7-23(24)26(30-27)31-34-25-9-5-2-6-21(25)18-28-34/h2-13,18H,14-17H2,1H3,(H,29,30,31). The highest BCUT2D eigenvalue weighted by Gasteiger charge is 2.21. The number of carbonyl (C=O) groups excluding carboxylic acids is 1. The number of nitrogens with one attached hydrogen (secondary N) is 1. The minimum Gasteiger partial charge on any atom is -0.368 e. The summed E-state index contributed by atoms with van der Waals surface area (Å²) in [5.41, 5.74) is 7.13. The van der Waals surface area contributed by atoms with Crippen molar-refractivity contribution in [3.8, 4) is 0 Å². The van der Waals surface area contributed by atoms with Crippen molar-refractivity contribution in [2.75, 3.05) is 41.4 Å². The summed E-state index contributed by atoms with van der Waals surface area (Å²) >= 11 is 0. The number of ketones is 1. The van der Waals surface area contributed by atoms with Crippen LogP contribution in [0.4, 0.5) is 17.5 Å². The maximum absolute atomic E-state index is 11.6. The number of aromatic nitrogens is 4. The van der Waals surface area contributed by atoms with Crippen LogP contribution in [-0.2, 0) is 0 Å². The van der Waals surface area contributed by atoms with Gasteiger partial charge in [0.25, 0.3) is 0 Å². The number of hydrogen-bond donors (Lipinski definition) is 1. The fourth-order valence-corrected chi connectivity index (χ4v) is 4.52. The van der Waals surface area contributed by atoms with E-state index in [1.807, 2.05) is 79.0 Å². The van der Waals surface area contributed by atoms with Crippen LogP contribution in [0.5, 0.6) is 0 Å². The lowest BCUT2D eigenvalue weighted by Gasteiger charge is -2.36. The van der Waals surface area contributed by atoms with Gasteiger partial charge in [-0.25, -0.2) is 4.98 Å². The summed E-state index contributed by atoms with van der Waals surface area (Å²) in [6.45, 7) is 4.90. The molecule has 1 aliphatic heterocycles. The number of rotatable bonds is 5. The second kappa shape index (κ2) is 8.72. The molecule has 8 heteroatoms. The van der Waals surface area contributed by atoms with Crippen molar-refractivity contribution in [1.29, 1.82) is 0 Å². The first-order chi connectivity index (χ1) is 17.2. The van der Waals surface area contributed by atoms with Gasteiger partial charge in [0.1, 0.15) is 0 Å². The van der Waals surface area contributed by atoms with Crippen LogP contribution in [0.3, 0.4) is 0 Å². The average Bonchev–Trinajstić information content (AvgIpc) is 3.31. The van der Waals surface area contributed by atoms with Gasteiger partial charge >= 0.3 is 0 Å². The Morgan fingerprint density at radius 2 is 1.54 bits per heavy atom. The third-order valence-corrected chi connectivity index (χ3v) is 6.48. The van der Waals surface area contributed by atoms with E-state index in [0.717, 1.165) is 65.1 Å². The van der Waals surface area contributed by atoms with E-state index in [2.05, 4.69) is 20.3 Å². The molecule has 8 nitrogen and oxygen atoms in total. The number of piperazine rings is 1. The number of para-hydroxylation sites is 2. The predicted molar refractivity (Wildman–Crippen MR) is 139 cm³/mol. The molecule has 1 saturated heterocycles. The van der Waals surface area contributed by atoms with Gasteiger partial charge in [-0.15, -0.1) is 0 Å². The first-order valence-electron chi connectivity index (χ1n) is 11.7. The van der Waals surface area contributed by atoms with Crippen molar-refractivity contribution >= 4 is 45.0 Å². The van der Waals surface area contributed by atoms with Crippen molar-refractivity contribution in [3.63, 3.8) is 0 Å². The molecule has 1 aliphatic rings. The first kappa shape index (κ1) is 21.1. The van der Waals surface area contributed by atoms with Gasteiger partial charge in [0.15, 0.2) is 11.6 Å². The summed E-state index contributed by atoms with van der Waals surface area (Å²) in [5.74, 6) is 1.51. The molecule has 0 saturated carbocycles. The summed E-state index contributed by atoms with van der Waals surface area (Å²) in [5, 5.41) is 6.51. The molecule has 0 radical (unpaired) electrons. The third-order valence-electron chi connectivity index (χ3n) is 6.48. The summed E-state index contributed by atoms with van der Waals surface area (Å²) in [6.07, 6.45) is 1.84. The van der Waals surface area contributed by atoms with Gasteiger partial charge in [0.2, 0.25) is 5.95 Å².